The molecule has 0 spiro atoms. The first kappa shape index (κ1) is 21.1. The van der Waals surface area contributed by atoms with E-state index in [9.17, 15) is 9.59 Å². The van der Waals surface area contributed by atoms with Crippen molar-refractivity contribution >= 4 is 17.5 Å². The van der Waals surface area contributed by atoms with Gasteiger partial charge in [-0.25, -0.2) is 0 Å². The molecule has 1 atom stereocenters. The number of nitrogens with zero attached hydrogens (tertiary/aromatic N) is 1. The van der Waals surface area contributed by atoms with Gasteiger partial charge in [-0.2, -0.15) is 0 Å². The molecule has 1 N–H and O–H groups in total. The van der Waals surface area contributed by atoms with Gasteiger partial charge in [0, 0.05) is 24.8 Å². The van der Waals surface area contributed by atoms with Crippen LogP contribution in [0, 0.1) is 6.92 Å². The summed E-state index contributed by atoms with van der Waals surface area (Å²) in [5.41, 5.74) is 3.18. The number of rotatable bonds is 7. The van der Waals surface area contributed by atoms with Gasteiger partial charge in [0.15, 0.2) is 6.10 Å². The van der Waals surface area contributed by atoms with Crippen LogP contribution >= 0.6 is 0 Å². The number of hydrogen-bond acceptors (Lipinski definition) is 3. The molecule has 0 heterocycles. The first-order valence-electron chi connectivity index (χ1n) is 9.86. The number of ether oxygens (including phenoxy) is 1. The minimum Gasteiger partial charge on any atom is -0.481 e. The SMILES string of the molecule is Cc1cccc(OC(C)C(=O)Nc2cccc(C(=O)N(C)Cc3ccccc3)c2)c1. The van der Waals surface area contributed by atoms with E-state index in [2.05, 4.69) is 5.32 Å². The Hall–Kier alpha value is -3.60. The van der Waals surface area contributed by atoms with E-state index in [4.69, 9.17) is 4.74 Å². The molecular weight excluding hydrogens is 376 g/mol. The first-order valence-corrected chi connectivity index (χ1v) is 9.86. The number of aryl methyl sites for hydroxylation is 1. The van der Waals surface area contributed by atoms with E-state index in [1.54, 1.807) is 43.1 Å². The number of anilines is 1. The van der Waals surface area contributed by atoms with Gasteiger partial charge in [-0.3, -0.25) is 9.59 Å². The Morgan fingerprint density at radius 2 is 1.70 bits per heavy atom. The summed E-state index contributed by atoms with van der Waals surface area (Å²) in [6.07, 6.45) is -0.674. The van der Waals surface area contributed by atoms with Gasteiger partial charge in [0.2, 0.25) is 0 Å². The third-order valence-electron chi connectivity index (χ3n) is 4.66. The lowest BCUT2D eigenvalue weighted by Crippen LogP contribution is -2.30. The van der Waals surface area contributed by atoms with Gasteiger partial charge in [-0.1, -0.05) is 48.5 Å². The van der Waals surface area contributed by atoms with Crippen LogP contribution < -0.4 is 10.1 Å². The van der Waals surface area contributed by atoms with Crippen molar-refractivity contribution in [3.63, 3.8) is 0 Å². The number of nitrogens with one attached hydrogen (secondary N) is 1. The van der Waals surface area contributed by atoms with Crippen LogP contribution in [0.2, 0.25) is 0 Å². The average Bonchev–Trinajstić information content (AvgIpc) is 2.74. The van der Waals surface area contributed by atoms with Crippen molar-refractivity contribution in [3.05, 3.63) is 95.6 Å². The van der Waals surface area contributed by atoms with Gasteiger partial charge in [-0.15, -0.1) is 0 Å². The van der Waals surface area contributed by atoms with E-state index in [0.717, 1.165) is 11.1 Å². The molecule has 154 valence electrons. The molecule has 5 heteroatoms. The molecule has 0 aliphatic heterocycles. The summed E-state index contributed by atoms with van der Waals surface area (Å²) >= 11 is 0. The summed E-state index contributed by atoms with van der Waals surface area (Å²) in [7, 11) is 1.76. The topological polar surface area (TPSA) is 58.6 Å². The van der Waals surface area contributed by atoms with Crippen molar-refractivity contribution in [2.45, 2.75) is 26.5 Å². The van der Waals surface area contributed by atoms with E-state index in [1.165, 1.54) is 0 Å². The molecule has 0 radical (unpaired) electrons. The second-order valence-corrected chi connectivity index (χ2v) is 7.29. The minimum absolute atomic E-state index is 0.112. The Balaban J connectivity index is 1.62. The normalized spacial score (nSPS) is 11.4. The highest BCUT2D eigenvalue weighted by atomic mass is 16.5. The van der Waals surface area contributed by atoms with Crippen LogP contribution in [0.25, 0.3) is 0 Å². The summed E-state index contributed by atoms with van der Waals surface area (Å²) in [5.74, 6) is 0.252. The lowest BCUT2D eigenvalue weighted by Gasteiger charge is -2.18. The van der Waals surface area contributed by atoms with Gasteiger partial charge in [-0.05, 0) is 55.3 Å². The maximum atomic E-state index is 12.8. The Kier molecular flexibility index (Phi) is 6.86. The fourth-order valence-electron chi connectivity index (χ4n) is 3.07. The van der Waals surface area contributed by atoms with Crippen molar-refractivity contribution in [2.75, 3.05) is 12.4 Å². The lowest BCUT2D eigenvalue weighted by molar-refractivity contribution is -0.122. The van der Waals surface area contributed by atoms with Crippen LogP contribution in [0.4, 0.5) is 5.69 Å². The molecule has 0 bridgehead atoms. The smallest absolute Gasteiger partial charge is 0.265 e. The lowest BCUT2D eigenvalue weighted by atomic mass is 10.1. The van der Waals surface area contributed by atoms with Crippen molar-refractivity contribution in [3.8, 4) is 5.75 Å². The summed E-state index contributed by atoms with van der Waals surface area (Å²) in [6.45, 7) is 4.17. The summed E-state index contributed by atoms with van der Waals surface area (Å²) in [6, 6.07) is 24.3. The Morgan fingerprint density at radius 3 is 2.43 bits per heavy atom. The molecule has 0 saturated carbocycles. The number of amides is 2. The molecule has 30 heavy (non-hydrogen) atoms. The Morgan fingerprint density at radius 1 is 0.967 bits per heavy atom. The van der Waals surface area contributed by atoms with E-state index in [0.29, 0.717) is 23.5 Å². The van der Waals surface area contributed by atoms with Crippen molar-refractivity contribution < 1.29 is 14.3 Å². The monoisotopic (exact) mass is 402 g/mol. The molecular formula is C25H26N2O3. The third-order valence-corrected chi connectivity index (χ3v) is 4.66. The number of carbonyl (C=O) groups excluding carboxylic acids is 2. The largest absolute Gasteiger partial charge is 0.481 e. The standard InChI is InChI=1S/C25H26N2O3/c1-18-9-7-14-23(15-18)30-19(2)24(28)26-22-13-8-12-21(16-22)25(29)27(3)17-20-10-5-4-6-11-20/h4-16,19H,17H2,1-3H3,(H,26,28). The van der Waals surface area contributed by atoms with Crippen LogP contribution in [0.5, 0.6) is 5.75 Å². The van der Waals surface area contributed by atoms with Gasteiger partial charge >= 0.3 is 0 Å². The summed E-state index contributed by atoms with van der Waals surface area (Å²) in [4.78, 5) is 27.0. The maximum absolute atomic E-state index is 12.8. The highest BCUT2D eigenvalue weighted by Gasteiger charge is 2.17. The zero-order valence-electron chi connectivity index (χ0n) is 17.5. The number of benzene rings is 3. The van der Waals surface area contributed by atoms with Crippen molar-refractivity contribution in [2.24, 2.45) is 0 Å². The predicted octanol–water partition coefficient (Wildman–Crippen LogP) is 4.67. The molecule has 0 aliphatic carbocycles. The highest BCUT2D eigenvalue weighted by molar-refractivity contribution is 5.98. The summed E-state index contributed by atoms with van der Waals surface area (Å²) in [5, 5.41) is 2.83. The second kappa shape index (κ2) is 9.74. The second-order valence-electron chi connectivity index (χ2n) is 7.29. The van der Waals surface area contributed by atoms with E-state index in [1.807, 2.05) is 61.5 Å². The van der Waals surface area contributed by atoms with Crippen LogP contribution in [-0.4, -0.2) is 29.9 Å². The Labute approximate surface area is 177 Å². The molecule has 0 fully saturated rings. The van der Waals surface area contributed by atoms with E-state index < -0.39 is 6.10 Å². The fourth-order valence-corrected chi connectivity index (χ4v) is 3.07. The predicted molar refractivity (Wildman–Crippen MR) is 119 cm³/mol. The van der Waals surface area contributed by atoms with Gasteiger partial charge in [0.05, 0.1) is 0 Å². The zero-order chi connectivity index (χ0) is 21.5. The zero-order valence-corrected chi connectivity index (χ0v) is 17.5. The molecule has 3 aromatic rings. The van der Waals surface area contributed by atoms with Gasteiger partial charge in [0.1, 0.15) is 5.75 Å². The number of hydrogen-bond donors (Lipinski definition) is 1. The first-order chi connectivity index (χ1) is 14.4. The summed E-state index contributed by atoms with van der Waals surface area (Å²) < 4.78 is 5.72. The van der Waals surface area contributed by atoms with E-state index >= 15 is 0 Å². The average molecular weight is 402 g/mol. The molecule has 3 aromatic carbocycles. The molecule has 2 amide bonds. The van der Waals surface area contributed by atoms with Crippen LogP contribution in [-0.2, 0) is 11.3 Å². The molecule has 5 nitrogen and oxygen atoms in total. The van der Waals surface area contributed by atoms with Crippen LogP contribution in [0.1, 0.15) is 28.4 Å². The molecule has 0 aromatic heterocycles. The third kappa shape index (κ3) is 5.70. The molecule has 0 aliphatic rings. The van der Waals surface area contributed by atoms with Crippen LogP contribution in [0.15, 0.2) is 78.9 Å². The molecule has 3 rings (SSSR count). The fraction of sp³-hybridized carbons (Fsp3) is 0.200. The van der Waals surface area contributed by atoms with Crippen molar-refractivity contribution in [1.82, 2.24) is 4.90 Å². The van der Waals surface area contributed by atoms with Crippen molar-refractivity contribution in [1.29, 1.82) is 0 Å². The molecule has 1 unspecified atom stereocenters. The quantitative estimate of drug-likeness (QED) is 0.625. The van der Waals surface area contributed by atoms with E-state index in [-0.39, 0.29) is 11.8 Å². The van der Waals surface area contributed by atoms with Gasteiger partial charge < -0.3 is 15.0 Å². The Bertz CT molecular complexity index is 1020. The number of carbonyl (C=O) groups is 2. The molecule has 0 saturated heterocycles. The maximum Gasteiger partial charge on any atom is 0.265 e. The van der Waals surface area contributed by atoms with Gasteiger partial charge in [0.25, 0.3) is 11.8 Å². The highest BCUT2D eigenvalue weighted by Crippen LogP contribution is 2.17. The van der Waals surface area contributed by atoms with Crippen LogP contribution in [0.3, 0.4) is 0 Å². The minimum atomic E-state index is -0.674.